The molecule has 0 saturated carbocycles. The minimum atomic E-state index is 0.832. The Kier molecular flexibility index (Phi) is 3.83. The summed E-state index contributed by atoms with van der Waals surface area (Å²) in [5, 5.41) is 3.50. The highest BCUT2D eigenvalue weighted by Gasteiger charge is 2.15. The highest BCUT2D eigenvalue weighted by atomic mass is 15.1. The lowest BCUT2D eigenvalue weighted by Gasteiger charge is -2.22. The first kappa shape index (κ1) is 12.7. The highest BCUT2D eigenvalue weighted by molar-refractivity contribution is 5.75. The van der Waals surface area contributed by atoms with Crippen LogP contribution in [0.5, 0.6) is 0 Å². The van der Waals surface area contributed by atoms with E-state index in [9.17, 15) is 0 Å². The van der Waals surface area contributed by atoms with E-state index in [2.05, 4.69) is 41.1 Å². The number of imidazole rings is 1. The van der Waals surface area contributed by atoms with Gasteiger partial charge in [0.25, 0.3) is 0 Å². The van der Waals surface area contributed by atoms with E-state index in [0.717, 1.165) is 24.4 Å². The monoisotopic (exact) mass is 257 g/mol. The van der Waals surface area contributed by atoms with Gasteiger partial charge in [-0.1, -0.05) is 12.1 Å². The molecular formula is C16H23N3. The first-order valence-electron chi connectivity index (χ1n) is 7.53. The van der Waals surface area contributed by atoms with Crippen LogP contribution in [-0.4, -0.2) is 22.6 Å². The summed E-state index contributed by atoms with van der Waals surface area (Å²) in [4.78, 5) is 4.81. The van der Waals surface area contributed by atoms with Gasteiger partial charge in [0, 0.05) is 13.0 Å². The van der Waals surface area contributed by atoms with Gasteiger partial charge < -0.3 is 9.88 Å². The van der Waals surface area contributed by atoms with Crippen LogP contribution in [0.25, 0.3) is 11.0 Å². The van der Waals surface area contributed by atoms with Gasteiger partial charge >= 0.3 is 0 Å². The number of hydrogen-bond donors (Lipinski definition) is 1. The third kappa shape index (κ3) is 2.66. The zero-order valence-electron chi connectivity index (χ0n) is 11.7. The predicted molar refractivity (Wildman–Crippen MR) is 79.3 cm³/mol. The molecule has 3 rings (SSSR count). The van der Waals surface area contributed by atoms with Crippen molar-refractivity contribution in [1.29, 1.82) is 0 Å². The molecule has 0 bridgehead atoms. The molecule has 0 amide bonds. The SMILES string of the molecule is CCn1c(CCC2CCCNC2)nc2ccccc21. The third-order valence-electron chi connectivity index (χ3n) is 4.22. The van der Waals surface area contributed by atoms with Crippen LogP contribution >= 0.6 is 0 Å². The quantitative estimate of drug-likeness (QED) is 0.912. The number of piperidine rings is 1. The van der Waals surface area contributed by atoms with Gasteiger partial charge in [-0.3, -0.25) is 0 Å². The summed E-state index contributed by atoms with van der Waals surface area (Å²) in [7, 11) is 0. The molecule has 102 valence electrons. The summed E-state index contributed by atoms with van der Waals surface area (Å²) in [6.07, 6.45) is 5.07. The molecule has 1 aliphatic heterocycles. The Labute approximate surface area is 115 Å². The number of nitrogens with zero attached hydrogens (tertiary/aromatic N) is 2. The number of aromatic nitrogens is 2. The van der Waals surface area contributed by atoms with Gasteiger partial charge in [-0.05, 0) is 57.3 Å². The molecule has 2 heterocycles. The number of aryl methyl sites for hydroxylation is 2. The number of fused-ring (bicyclic) bond motifs is 1. The van der Waals surface area contributed by atoms with Crippen molar-refractivity contribution in [2.45, 2.75) is 39.2 Å². The molecule has 1 N–H and O–H groups in total. The van der Waals surface area contributed by atoms with E-state index < -0.39 is 0 Å². The number of benzene rings is 1. The second kappa shape index (κ2) is 5.74. The van der Waals surface area contributed by atoms with Crippen molar-refractivity contribution in [2.75, 3.05) is 13.1 Å². The van der Waals surface area contributed by atoms with Crippen molar-refractivity contribution in [3.05, 3.63) is 30.1 Å². The van der Waals surface area contributed by atoms with Gasteiger partial charge in [-0.15, -0.1) is 0 Å². The van der Waals surface area contributed by atoms with Gasteiger partial charge in [0.15, 0.2) is 0 Å². The summed E-state index contributed by atoms with van der Waals surface area (Å²) in [6, 6.07) is 8.47. The standard InChI is InChI=1S/C16H23N3/c1-2-19-15-8-4-3-7-14(15)18-16(19)10-9-13-6-5-11-17-12-13/h3-4,7-8,13,17H,2,5-6,9-12H2,1H3. The van der Waals surface area contributed by atoms with E-state index in [1.165, 1.54) is 43.7 Å². The fraction of sp³-hybridized carbons (Fsp3) is 0.562. The topological polar surface area (TPSA) is 29.9 Å². The lowest BCUT2D eigenvalue weighted by molar-refractivity contribution is 0.355. The Balaban J connectivity index is 1.76. The largest absolute Gasteiger partial charge is 0.328 e. The summed E-state index contributed by atoms with van der Waals surface area (Å²) < 4.78 is 2.37. The molecule has 0 aliphatic carbocycles. The zero-order valence-corrected chi connectivity index (χ0v) is 11.7. The molecule has 3 nitrogen and oxygen atoms in total. The second-order valence-electron chi connectivity index (χ2n) is 5.51. The minimum absolute atomic E-state index is 0.832. The number of nitrogens with one attached hydrogen (secondary N) is 1. The van der Waals surface area contributed by atoms with Crippen molar-refractivity contribution in [3.8, 4) is 0 Å². The summed E-state index contributed by atoms with van der Waals surface area (Å²) >= 11 is 0. The van der Waals surface area contributed by atoms with Crippen LogP contribution in [0, 0.1) is 5.92 Å². The fourth-order valence-electron chi connectivity index (χ4n) is 3.17. The average Bonchev–Trinajstić information content (AvgIpc) is 2.83. The van der Waals surface area contributed by atoms with Crippen LogP contribution in [0.2, 0.25) is 0 Å². The van der Waals surface area contributed by atoms with E-state index in [0.29, 0.717) is 0 Å². The van der Waals surface area contributed by atoms with Crippen molar-refractivity contribution in [1.82, 2.24) is 14.9 Å². The summed E-state index contributed by atoms with van der Waals surface area (Å²) in [5.74, 6) is 2.09. The van der Waals surface area contributed by atoms with E-state index in [1.807, 2.05) is 0 Å². The highest BCUT2D eigenvalue weighted by Crippen LogP contribution is 2.20. The summed E-state index contributed by atoms with van der Waals surface area (Å²) in [6.45, 7) is 5.61. The van der Waals surface area contributed by atoms with Crippen molar-refractivity contribution in [2.24, 2.45) is 5.92 Å². The molecular weight excluding hydrogens is 234 g/mol. The molecule has 0 spiro atoms. The third-order valence-corrected chi connectivity index (χ3v) is 4.22. The van der Waals surface area contributed by atoms with Crippen LogP contribution in [0.4, 0.5) is 0 Å². The molecule has 1 atom stereocenters. The minimum Gasteiger partial charge on any atom is -0.328 e. The maximum atomic E-state index is 4.81. The Morgan fingerprint density at radius 3 is 3.05 bits per heavy atom. The molecule has 3 heteroatoms. The van der Waals surface area contributed by atoms with Crippen LogP contribution in [0.3, 0.4) is 0 Å². The summed E-state index contributed by atoms with van der Waals surface area (Å²) in [5.41, 5.74) is 2.42. The Hall–Kier alpha value is -1.35. The number of para-hydroxylation sites is 2. The molecule has 1 saturated heterocycles. The lowest BCUT2D eigenvalue weighted by atomic mass is 9.94. The lowest BCUT2D eigenvalue weighted by Crippen LogP contribution is -2.30. The smallest absolute Gasteiger partial charge is 0.109 e. The van der Waals surface area contributed by atoms with Crippen LogP contribution < -0.4 is 5.32 Å². The maximum absolute atomic E-state index is 4.81. The van der Waals surface area contributed by atoms with Gasteiger partial charge in [-0.25, -0.2) is 4.98 Å². The number of rotatable bonds is 4. The normalized spacial score (nSPS) is 19.9. The van der Waals surface area contributed by atoms with Gasteiger partial charge in [0.05, 0.1) is 11.0 Å². The molecule has 1 fully saturated rings. The molecule has 1 aliphatic rings. The van der Waals surface area contributed by atoms with Gasteiger partial charge in [-0.2, -0.15) is 0 Å². The van der Waals surface area contributed by atoms with E-state index in [4.69, 9.17) is 4.98 Å². The second-order valence-corrected chi connectivity index (χ2v) is 5.51. The van der Waals surface area contributed by atoms with Crippen molar-refractivity contribution in [3.63, 3.8) is 0 Å². The molecule has 1 aromatic heterocycles. The zero-order chi connectivity index (χ0) is 13.1. The van der Waals surface area contributed by atoms with Crippen molar-refractivity contribution < 1.29 is 0 Å². The first-order chi connectivity index (χ1) is 9.38. The Bertz CT molecular complexity index is 538. The molecule has 2 aromatic rings. The predicted octanol–water partition coefficient (Wildman–Crippen LogP) is 2.99. The first-order valence-corrected chi connectivity index (χ1v) is 7.53. The molecule has 1 aromatic carbocycles. The van der Waals surface area contributed by atoms with Crippen LogP contribution in [-0.2, 0) is 13.0 Å². The maximum Gasteiger partial charge on any atom is 0.109 e. The van der Waals surface area contributed by atoms with Gasteiger partial charge in [0.1, 0.15) is 5.82 Å². The average molecular weight is 257 g/mol. The van der Waals surface area contributed by atoms with E-state index >= 15 is 0 Å². The Morgan fingerprint density at radius 1 is 1.37 bits per heavy atom. The fourth-order valence-corrected chi connectivity index (χ4v) is 3.17. The molecule has 1 unspecified atom stereocenters. The molecule has 19 heavy (non-hydrogen) atoms. The van der Waals surface area contributed by atoms with Crippen LogP contribution in [0.1, 0.15) is 32.0 Å². The number of hydrogen-bond acceptors (Lipinski definition) is 2. The van der Waals surface area contributed by atoms with E-state index in [1.54, 1.807) is 0 Å². The van der Waals surface area contributed by atoms with E-state index in [-0.39, 0.29) is 0 Å². The molecule has 0 radical (unpaired) electrons. The Morgan fingerprint density at radius 2 is 2.26 bits per heavy atom. The van der Waals surface area contributed by atoms with Crippen molar-refractivity contribution >= 4 is 11.0 Å². The van der Waals surface area contributed by atoms with Crippen LogP contribution in [0.15, 0.2) is 24.3 Å². The van der Waals surface area contributed by atoms with Gasteiger partial charge in [0.2, 0.25) is 0 Å².